The number of nitrogens with one attached hydrogen (secondary N) is 2. The van der Waals surface area contributed by atoms with Crippen LogP contribution >= 0.6 is 0 Å². The summed E-state index contributed by atoms with van der Waals surface area (Å²) >= 11 is 0. The predicted octanol–water partition coefficient (Wildman–Crippen LogP) is 4.12. The van der Waals surface area contributed by atoms with E-state index in [4.69, 9.17) is 0 Å². The van der Waals surface area contributed by atoms with Gasteiger partial charge >= 0.3 is 0 Å². The van der Waals surface area contributed by atoms with E-state index in [0.717, 1.165) is 42.3 Å². The average molecular weight is 325 g/mol. The largest absolute Gasteiger partial charge is 0.325 e. The summed E-state index contributed by atoms with van der Waals surface area (Å²) in [6, 6.07) is 7.87. The molecule has 0 saturated heterocycles. The Balaban J connectivity index is 1.72. The summed E-state index contributed by atoms with van der Waals surface area (Å²) in [4.78, 5) is 17.0. The molecule has 1 saturated carbocycles. The molecule has 1 aliphatic carbocycles. The number of rotatable bonds is 6. The molecule has 2 N–H and O–H groups in total. The molecule has 0 aliphatic heterocycles. The number of hydrogen-bond acceptors (Lipinski definition) is 3. The van der Waals surface area contributed by atoms with Crippen LogP contribution < -0.4 is 10.6 Å². The van der Waals surface area contributed by atoms with Crippen LogP contribution in [0.3, 0.4) is 0 Å². The summed E-state index contributed by atoms with van der Waals surface area (Å²) in [5, 5.41) is 8.78. The Morgan fingerprint density at radius 2 is 2.04 bits per heavy atom. The summed E-state index contributed by atoms with van der Waals surface area (Å²) in [7, 11) is 0. The van der Waals surface area contributed by atoms with E-state index in [1.165, 1.54) is 19.3 Å². The van der Waals surface area contributed by atoms with E-state index in [-0.39, 0.29) is 11.9 Å². The van der Waals surface area contributed by atoms with E-state index in [0.29, 0.717) is 5.92 Å². The van der Waals surface area contributed by atoms with Crippen LogP contribution in [0.5, 0.6) is 0 Å². The first-order chi connectivity index (χ1) is 11.8. The Labute approximate surface area is 144 Å². The van der Waals surface area contributed by atoms with Crippen molar-refractivity contribution >= 4 is 22.4 Å². The third kappa shape index (κ3) is 4.12. The summed E-state index contributed by atoms with van der Waals surface area (Å²) in [6.07, 6.45) is 10.7. The fourth-order valence-electron chi connectivity index (χ4n) is 3.62. The number of aromatic nitrogens is 1. The molecule has 24 heavy (non-hydrogen) atoms. The molecule has 1 heterocycles. The van der Waals surface area contributed by atoms with Gasteiger partial charge in [0.2, 0.25) is 5.91 Å². The second-order valence-corrected chi connectivity index (χ2v) is 6.76. The summed E-state index contributed by atoms with van der Waals surface area (Å²) in [6.45, 7) is 3.03. The van der Waals surface area contributed by atoms with Gasteiger partial charge in [-0.25, -0.2) is 0 Å². The van der Waals surface area contributed by atoms with E-state index in [2.05, 4.69) is 22.5 Å². The van der Waals surface area contributed by atoms with Crippen molar-refractivity contribution in [2.24, 2.45) is 5.92 Å². The number of nitrogens with zero attached hydrogens (tertiary/aromatic N) is 1. The Bertz CT molecular complexity index is 679. The lowest BCUT2D eigenvalue weighted by molar-refractivity contribution is -0.119. The minimum absolute atomic E-state index is 0.0848. The quantitative estimate of drug-likeness (QED) is 0.840. The Morgan fingerprint density at radius 1 is 1.21 bits per heavy atom. The molecule has 1 amide bonds. The first kappa shape index (κ1) is 16.9. The van der Waals surface area contributed by atoms with Crippen LogP contribution in [0, 0.1) is 5.92 Å². The van der Waals surface area contributed by atoms with Gasteiger partial charge < -0.3 is 10.6 Å². The van der Waals surface area contributed by atoms with Gasteiger partial charge in [-0.1, -0.05) is 32.3 Å². The van der Waals surface area contributed by atoms with Gasteiger partial charge in [-0.15, -0.1) is 0 Å². The second kappa shape index (κ2) is 8.25. The molecule has 0 radical (unpaired) electrons. The van der Waals surface area contributed by atoms with Crippen molar-refractivity contribution in [2.45, 2.75) is 51.5 Å². The van der Waals surface area contributed by atoms with Crippen molar-refractivity contribution in [2.75, 3.05) is 11.9 Å². The maximum absolute atomic E-state index is 12.9. The Morgan fingerprint density at radius 3 is 2.83 bits per heavy atom. The molecule has 1 aliphatic rings. The van der Waals surface area contributed by atoms with Gasteiger partial charge in [-0.3, -0.25) is 9.78 Å². The van der Waals surface area contributed by atoms with E-state index in [1.54, 1.807) is 6.20 Å². The van der Waals surface area contributed by atoms with Gasteiger partial charge in [0, 0.05) is 23.5 Å². The van der Waals surface area contributed by atoms with Crippen LogP contribution in [0.4, 0.5) is 5.69 Å². The zero-order chi connectivity index (χ0) is 16.8. The van der Waals surface area contributed by atoms with Crippen molar-refractivity contribution in [1.29, 1.82) is 0 Å². The van der Waals surface area contributed by atoms with Gasteiger partial charge in [-0.2, -0.15) is 0 Å². The number of anilines is 1. The van der Waals surface area contributed by atoms with Gasteiger partial charge in [0.15, 0.2) is 0 Å². The zero-order valence-electron chi connectivity index (χ0n) is 14.4. The summed E-state index contributed by atoms with van der Waals surface area (Å²) in [5.74, 6) is 0.554. The van der Waals surface area contributed by atoms with Gasteiger partial charge in [-0.05, 0) is 55.3 Å². The number of fused-ring (bicyclic) bond motifs is 1. The lowest BCUT2D eigenvalue weighted by Crippen LogP contribution is -2.46. The molecule has 1 aromatic heterocycles. The van der Waals surface area contributed by atoms with E-state index in [9.17, 15) is 4.79 Å². The fourth-order valence-corrected chi connectivity index (χ4v) is 3.62. The molecular formula is C20H27N3O. The van der Waals surface area contributed by atoms with Crippen LogP contribution in [0.1, 0.15) is 45.4 Å². The number of carbonyl (C=O) groups excluding carboxylic acids is 1. The minimum Gasteiger partial charge on any atom is -0.325 e. The van der Waals surface area contributed by atoms with Crippen LogP contribution in [0.25, 0.3) is 10.8 Å². The highest BCUT2D eigenvalue weighted by Gasteiger charge is 2.28. The third-order valence-electron chi connectivity index (χ3n) is 4.93. The van der Waals surface area contributed by atoms with Crippen molar-refractivity contribution in [3.8, 4) is 0 Å². The Kier molecular flexibility index (Phi) is 5.81. The molecule has 1 atom stereocenters. The van der Waals surface area contributed by atoms with Crippen molar-refractivity contribution in [1.82, 2.24) is 10.3 Å². The number of hydrogen-bond donors (Lipinski definition) is 2. The standard InChI is InChI=1S/C20H27N3O/c1-2-11-22-19(15-6-4-3-5-7-15)20(24)23-18-9-8-17-14-21-12-10-16(17)13-18/h8-10,12-15,19,22H,2-7,11H2,1H3,(H,23,24). The lowest BCUT2D eigenvalue weighted by atomic mass is 9.83. The molecule has 3 rings (SSSR count). The summed E-state index contributed by atoms with van der Waals surface area (Å²) < 4.78 is 0. The molecule has 0 spiro atoms. The van der Waals surface area contributed by atoms with E-state index in [1.807, 2.05) is 30.5 Å². The highest BCUT2D eigenvalue weighted by atomic mass is 16.2. The molecule has 1 aromatic carbocycles. The Hall–Kier alpha value is -1.94. The number of amides is 1. The molecule has 4 nitrogen and oxygen atoms in total. The maximum atomic E-state index is 12.9. The van der Waals surface area contributed by atoms with Gasteiger partial charge in [0.1, 0.15) is 0 Å². The topological polar surface area (TPSA) is 54.0 Å². The molecule has 2 aromatic rings. The van der Waals surface area contributed by atoms with E-state index >= 15 is 0 Å². The second-order valence-electron chi connectivity index (χ2n) is 6.76. The fraction of sp³-hybridized carbons (Fsp3) is 0.500. The number of carbonyl (C=O) groups is 1. The van der Waals surface area contributed by atoms with Crippen LogP contribution in [-0.4, -0.2) is 23.5 Å². The normalized spacial score (nSPS) is 16.9. The zero-order valence-corrected chi connectivity index (χ0v) is 14.4. The molecule has 1 unspecified atom stereocenters. The highest BCUT2D eigenvalue weighted by Crippen LogP contribution is 2.27. The molecule has 4 heteroatoms. The molecule has 1 fully saturated rings. The molecular weight excluding hydrogens is 298 g/mol. The first-order valence-corrected chi connectivity index (χ1v) is 9.16. The highest BCUT2D eigenvalue weighted by molar-refractivity contribution is 5.97. The average Bonchev–Trinajstić information content (AvgIpc) is 2.63. The number of pyridine rings is 1. The van der Waals surface area contributed by atoms with Crippen LogP contribution in [0.15, 0.2) is 36.7 Å². The minimum atomic E-state index is -0.0848. The van der Waals surface area contributed by atoms with Crippen LogP contribution in [-0.2, 0) is 4.79 Å². The first-order valence-electron chi connectivity index (χ1n) is 9.16. The number of benzene rings is 1. The third-order valence-corrected chi connectivity index (χ3v) is 4.93. The monoisotopic (exact) mass is 325 g/mol. The van der Waals surface area contributed by atoms with Crippen molar-refractivity contribution < 1.29 is 4.79 Å². The summed E-state index contributed by atoms with van der Waals surface area (Å²) in [5.41, 5.74) is 0.859. The predicted molar refractivity (Wildman–Crippen MR) is 99.0 cm³/mol. The van der Waals surface area contributed by atoms with Gasteiger partial charge in [0.25, 0.3) is 0 Å². The smallest absolute Gasteiger partial charge is 0.241 e. The molecule has 0 bridgehead atoms. The van der Waals surface area contributed by atoms with Gasteiger partial charge in [0.05, 0.1) is 6.04 Å². The van der Waals surface area contributed by atoms with Crippen molar-refractivity contribution in [3.05, 3.63) is 36.7 Å². The maximum Gasteiger partial charge on any atom is 0.241 e. The van der Waals surface area contributed by atoms with Crippen molar-refractivity contribution in [3.63, 3.8) is 0 Å². The van der Waals surface area contributed by atoms with Crippen LogP contribution in [0.2, 0.25) is 0 Å². The molecule has 128 valence electrons. The lowest BCUT2D eigenvalue weighted by Gasteiger charge is -2.30. The van der Waals surface area contributed by atoms with E-state index < -0.39 is 0 Å². The SMILES string of the molecule is CCCNC(C(=O)Nc1ccc2cnccc2c1)C1CCCCC1.